The number of thiophene rings is 1. The topological polar surface area (TPSA) is 76.0 Å². The van der Waals surface area contributed by atoms with Crippen molar-refractivity contribution in [2.75, 3.05) is 13.1 Å². The van der Waals surface area contributed by atoms with Crippen molar-refractivity contribution in [3.05, 3.63) is 40.8 Å². The maximum atomic E-state index is 11.8. The molecule has 0 spiro atoms. The first-order valence-electron chi connectivity index (χ1n) is 7.16. The molecule has 0 aliphatic rings. The molecule has 2 aromatic heterocycles. The van der Waals surface area contributed by atoms with Crippen LogP contribution in [0.2, 0.25) is 0 Å². The molecule has 2 rings (SSSR count). The van der Waals surface area contributed by atoms with Crippen molar-refractivity contribution in [3.63, 3.8) is 0 Å². The zero-order valence-corrected chi connectivity index (χ0v) is 13.5. The molecule has 0 aliphatic carbocycles. The zero-order valence-electron chi connectivity index (χ0n) is 12.7. The summed E-state index contributed by atoms with van der Waals surface area (Å²) in [6, 6.07) is 5.66. The van der Waals surface area contributed by atoms with E-state index in [0.717, 1.165) is 4.88 Å². The van der Waals surface area contributed by atoms with Gasteiger partial charge in [0.05, 0.1) is 0 Å². The number of nitrogens with zero attached hydrogens (tertiary/aromatic N) is 2. The second-order valence-corrected chi connectivity index (χ2v) is 6.31. The van der Waals surface area contributed by atoms with Crippen LogP contribution in [0, 0.1) is 5.92 Å². The Morgan fingerprint density at radius 2 is 1.95 bits per heavy atom. The van der Waals surface area contributed by atoms with E-state index in [1.54, 1.807) is 22.2 Å². The maximum absolute atomic E-state index is 11.8. The molecule has 7 heteroatoms. The molecule has 2 heterocycles. The van der Waals surface area contributed by atoms with Crippen molar-refractivity contribution in [1.29, 1.82) is 0 Å². The smallest absolute Gasteiger partial charge is 0.309 e. The molecule has 2 amide bonds. The maximum Gasteiger partial charge on any atom is 0.309 e. The second-order valence-electron chi connectivity index (χ2n) is 5.33. The fourth-order valence-corrected chi connectivity index (χ4v) is 2.74. The fourth-order valence-electron chi connectivity index (χ4n) is 1.92. The number of carbonyl (C=O) groups is 2. The van der Waals surface area contributed by atoms with Crippen LogP contribution < -0.4 is 10.6 Å². The van der Waals surface area contributed by atoms with E-state index in [-0.39, 0.29) is 6.04 Å². The molecule has 2 aromatic rings. The highest BCUT2D eigenvalue weighted by atomic mass is 32.1. The van der Waals surface area contributed by atoms with E-state index in [0.29, 0.717) is 19.0 Å². The lowest BCUT2D eigenvalue weighted by molar-refractivity contribution is -0.139. The van der Waals surface area contributed by atoms with E-state index in [1.165, 1.54) is 0 Å². The lowest BCUT2D eigenvalue weighted by atomic mass is 10.2. The number of rotatable bonds is 6. The van der Waals surface area contributed by atoms with Crippen LogP contribution in [0.5, 0.6) is 0 Å². The molecule has 0 aromatic carbocycles. The van der Waals surface area contributed by atoms with E-state index in [2.05, 4.69) is 15.7 Å². The van der Waals surface area contributed by atoms with Crippen LogP contribution in [0.3, 0.4) is 0 Å². The van der Waals surface area contributed by atoms with Crippen molar-refractivity contribution in [3.8, 4) is 0 Å². The van der Waals surface area contributed by atoms with E-state index < -0.39 is 11.8 Å². The fraction of sp³-hybridized carbons (Fsp3) is 0.400. The molecular weight excluding hydrogens is 300 g/mol. The van der Waals surface area contributed by atoms with Gasteiger partial charge in [0.2, 0.25) is 0 Å². The van der Waals surface area contributed by atoms with Gasteiger partial charge in [-0.3, -0.25) is 14.3 Å². The number of hydrogen-bond acceptors (Lipinski definition) is 4. The van der Waals surface area contributed by atoms with Crippen LogP contribution in [-0.4, -0.2) is 34.7 Å². The molecule has 0 aliphatic heterocycles. The van der Waals surface area contributed by atoms with Crippen LogP contribution in [0.4, 0.5) is 0 Å². The van der Waals surface area contributed by atoms with Gasteiger partial charge in [-0.2, -0.15) is 5.10 Å². The van der Waals surface area contributed by atoms with Gasteiger partial charge in [-0.05, 0) is 23.4 Å². The Morgan fingerprint density at radius 1 is 1.23 bits per heavy atom. The van der Waals surface area contributed by atoms with Crippen molar-refractivity contribution in [2.24, 2.45) is 5.92 Å². The van der Waals surface area contributed by atoms with Crippen LogP contribution >= 0.6 is 11.3 Å². The summed E-state index contributed by atoms with van der Waals surface area (Å²) >= 11 is 1.59. The molecule has 118 valence electrons. The van der Waals surface area contributed by atoms with E-state index in [9.17, 15) is 9.59 Å². The highest BCUT2D eigenvalue weighted by molar-refractivity contribution is 7.10. The number of hydrogen-bond donors (Lipinski definition) is 2. The van der Waals surface area contributed by atoms with Gasteiger partial charge >= 0.3 is 11.8 Å². The van der Waals surface area contributed by atoms with Gasteiger partial charge in [-0.1, -0.05) is 19.9 Å². The number of amides is 2. The Kier molecular flexibility index (Phi) is 5.71. The molecule has 0 saturated carbocycles. The monoisotopic (exact) mass is 320 g/mol. The first kappa shape index (κ1) is 16.2. The number of nitrogens with one attached hydrogen (secondary N) is 2. The highest BCUT2D eigenvalue weighted by Gasteiger charge is 2.19. The Hall–Kier alpha value is -2.15. The quantitative estimate of drug-likeness (QED) is 0.791. The summed E-state index contributed by atoms with van der Waals surface area (Å²) in [5, 5.41) is 11.5. The van der Waals surface area contributed by atoms with Crippen molar-refractivity contribution >= 4 is 23.2 Å². The summed E-state index contributed by atoms with van der Waals surface area (Å²) < 4.78 is 1.78. The van der Waals surface area contributed by atoms with Gasteiger partial charge in [0, 0.05) is 30.4 Å². The summed E-state index contributed by atoms with van der Waals surface area (Å²) in [5.41, 5.74) is 0. The average molecular weight is 320 g/mol. The SMILES string of the molecule is CC(C)CNC(=O)C(=O)NCC(c1cccs1)n1cccn1. The van der Waals surface area contributed by atoms with Gasteiger partial charge in [0.25, 0.3) is 0 Å². The van der Waals surface area contributed by atoms with Gasteiger partial charge in [0.15, 0.2) is 0 Å². The lowest BCUT2D eigenvalue weighted by Crippen LogP contribution is -2.43. The third kappa shape index (κ3) is 4.42. The van der Waals surface area contributed by atoms with E-state index >= 15 is 0 Å². The van der Waals surface area contributed by atoms with Crippen LogP contribution in [0.1, 0.15) is 24.8 Å². The second kappa shape index (κ2) is 7.74. The van der Waals surface area contributed by atoms with E-state index in [1.807, 2.05) is 43.6 Å². The lowest BCUT2D eigenvalue weighted by Gasteiger charge is -2.17. The van der Waals surface area contributed by atoms with Crippen molar-refractivity contribution in [1.82, 2.24) is 20.4 Å². The summed E-state index contributed by atoms with van der Waals surface area (Å²) in [6.07, 6.45) is 3.53. The standard InChI is InChI=1S/C15H20N4O2S/c1-11(2)9-16-14(20)15(21)17-10-12(13-5-3-8-22-13)19-7-4-6-18-19/h3-8,11-12H,9-10H2,1-2H3,(H,16,20)(H,17,21). The minimum Gasteiger partial charge on any atom is -0.348 e. The summed E-state index contributed by atoms with van der Waals surface area (Å²) in [4.78, 5) is 24.6. The summed E-state index contributed by atoms with van der Waals surface area (Å²) in [6.45, 7) is 4.75. The highest BCUT2D eigenvalue weighted by Crippen LogP contribution is 2.21. The Labute approximate surface area is 133 Å². The zero-order chi connectivity index (χ0) is 15.9. The normalized spacial score (nSPS) is 12.1. The van der Waals surface area contributed by atoms with Crippen LogP contribution in [0.15, 0.2) is 36.0 Å². The Balaban J connectivity index is 1.95. The minimum atomic E-state index is -0.616. The predicted molar refractivity (Wildman–Crippen MR) is 85.5 cm³/mol. The predicted octanol–water partition coefficient (Wildman–Crippen LogP) is 1.42. The molecule has 0 radical (unpaired) electrons. The van der Waals surface area contributed by atoms with Crippen LogP contribution in [-0.2, 0) is 9.59 Å². The van der Waals surface area contributed by atoms with Gasteiger partial charge in [-0.25, -0.2) is 0 Å². The first-order valence-corrected chi connectivity index (χ1v) is 8.04. The largest absolute Gasteiger partial charge is 0.348 e. The average Bonchev–Trinajstić information content (AvgIpc) is 3.18. The minimum absolute atomic E-state index is 0.114. The third-order valence-electron chi connectivity index (χ3n) is 3.05. The molecule has 0 fully saturated rings. The molecule has 22 heavy (non-hydrogen) atoms. The molecule has 1 unspecified atom stereocenters. The Bertz CT molecular complexity index is 559. The molecule has 2 N–H and O–H groups in total. The van der Waals surface area contributed by atoms with Crippen molar-refractivity contribution < 1.29 is 9.59 Å². The van der Waals surface area contributed by atoms with E-state index in [4.69, 9.17) is 0 Å². The molecular formula is C15H20N4O2S. The number of aromatic nitrogens is 2. The molecule has 6 nitrogen and oxygen atoms in total. The van der Waals surface area contributed by atoms with Gasteiger partial charge in [-0.15, -0.1) is 11.3 Å². The summed E-state index contributed by atoms with van der Waals surface area (Å²) in [7, 11) is 0. The molecule has 1 atom stereocenters. The molecule has 0 saturated heterocycles. The Morgan fingerprint density at radius 3 is 2.50 bits per heavy atom. The van der Waals surface area contributed by atoms with Crippen molar-refractivity contribution in [2.45, 2.75) is 19.9 Å². The molecule has 0 bridgehead atoms. The number of carbonyl (C=O) groups excluding carboxylic acids is 2. The first-order chi connectivity index (χ1) is 10.6. The third-order valence-corrected chi connectivity index (χ3v) is 4.02. The van der Waals surface area contributed by atoms with Gasteiger partial charge in [0.1, 0.15) is 6.04 Å². The van der Waals surface area contributed by atoms with Gasteiger partial charge < -0.3 is 10.6 Å². The van der Waals surface area contributed by atoms with Crippen LogP contribution in [0.25, 0.3) is 0 Å². The summed E-state index contributed by atoms with van der Waals surface area (Å²) in [5.74, 6) is -0.909.